The van der Waals surface area contributed by atoms with Crippen molar-refractivity contribution in [3.05, 3.63) is 29.3 Å². The summed E-state index contributed by atoms with van der Waals surface area (Å²) in [5.41, 5.74) is 3.78. The van der Waals surface area contributed by atoms with E-state index in [2.05, 4.69) is 75.5 Å². The van der Waals surface area contributed by atoms with E-state index in [9.17, 15) is 0 Å². The lowest BCUT2D eigenvalue weighted by atomic mass is 9.93. The summed E-state index contributed by atoms with van der Waals surface area (Å²) in [6, 6.07) is 6.28. The molecule has 0 heterocycles. The van der Waals surface area contributed by atoms with E-state index in [1.807, 2.05) is 0 Å². The topological polar surface area (TPSA) is 27.3 Å². The SMILES string of the molecule is Cc1ccc(NC(=S)NCC(C)(C)CN(C)C)cc1C. The summed E-state index contributed by atoms with van der Waals surface area (Å²) >= 11 is 5.36. The van der Waals surface area contributed by atoms with Crippen LogP contribution in [0.4, 0.5) is 5.69 Å². The van der Waals surface area contributed by atoms with Gasteiger partial charge in [0, 0.05) is 18.8 Å². The summed E-state index contributed by atoms with van der Waals surface area (Å²) in [6.07, 6.45) is 0. The minimum Gasteiger partial charge on any atom is -0.362 e. The first-order valence-corrected chi connectivity index (χ1v) is 7.37. The van der Waals surface area contributed by atoms with E-state index in [0.717, 1.165) is 18.8 Å². The van der Waals surface area contributed by atoms with Gasteiger partial charge in [0.05, 0.1) is 0 Å². The number of hydrogen-bond donors (Lipinski definition) is 2. The Morgan fingerprint density at radius 1 is 1.20 bits per heavy atom. The number of aryl methyl sites for hydroxylation is 2. The van der Waals surface area contributed by atoms with Gasteiger partial charge in [-0.2, -0.15) is 0 Å². The third kappa shape index (κ3) is 5.88. The summed E-state index contributed by atoms with van der Waals surface area (Å²) in [6.45, 7) is 10.6. The highest BCUT2D eigenvalue weighted by Gasteiger charge is 2.18. The molecule has 0 radical (unpaired) electrons. The third-order valence-electron chi connectivity index (χ3n) is 3.24. The lowest BCUT2D eigenvalue weighted by Gasteiger charge is -2.29. The van der Waals surface area contributed by atoms with Crippen LogP contribution in [0.1, 0.15) is 25.0 Å². The predicted molar refractivity (Wildman–Crippen MR) is 92.5 cm³/mol. The first kappa shape index (κ1) is 16.9. The second kappa shape index (κ2) is 7.04. The van der Waals surface area contributed by atoms with E-state index >= 15 is 0 Å². The van der Waals surface area contributed by atoms with E-state index in [1.165, 1.54) is 11.1 Å². The van der Waals surface area contributed by atoms with Crippen LogP contribution in [0.3, 0.4) is 0 Å². The second-order valence-corrected chi connectivity index (χ2v) is 6.92. The van der Waals surface area contributed by atoms with Crippen molar-refractivity contribution in [2.45, 2.75) is 27.7 Å². The van der Waals surface area contributed by atoms with E-state index in [0.29, 0.717) is 5.11 Å². The number of hydrogen-bond acceptors (Lipinski definition) is 2. The zero-order valence-corrected chi connectivity index (χ0v) is 14.3. The van der Waals surface area contributed by atoms with Gasteiger partial charge in [-0.3, -0.25) is 0 Å². The van der Waals surface area contributed by atoms with Crippen LogP contribution in [0.15, 0.2) is 18.2 Å². The van der Waals surface area contributed by atoms with E-state index < -0.39 is 0 Å². The van der Waals surface area contributed by atoms with Gasteiger partial charge in [0.2, 0.25) is 0 Å². The van der Waals surface area contributed by atoms with Gasteiger partial charge in [0.1, 0.15) is 0 Å². The van der Waals surface area contributed by atoms with Crippen molar-refractivity contribution in [1.82, 2.24) is 10.2 Å². The number of benzene rings is 1. The van der Waals surface area contributed by atoms with Crippen molar-refractivity contribution in [3.63, 3.8) is 0 Å². The summed E-state index contributed by atoms with van der Waals surface area (Å²) < 4.78 is 0. The molecule has 0 aliphatic heterocycles. The first-order valence-electron chi connectivity index (χ1n) is 6.96. The minimum absolute atomic E-state index is 0.179. The summed E-state index contributed by atoms with van der Waals surface area (Å²) in [7, 11) is 4.18. The van der Waals surface area contributed by atoms with Crippen LogP contribution >= 0.6 is 12.2 Å². The summed E-state index contributed by atoms with van der Waals surface area (Å²) in [5.74, 6) is 0. The van der Waals surface area contributed by atoms with Crippen molar-refractivity contribution in [2.24, 2.45) is 5.41 Å². The molecule has 1 aromatic carbocycles. The number of thiocarbonyl (C=S) groups is 1. The molecule has 0 fully saturated rings. The molecule has 20 heavy (non-hydrogen) atoms. The smallest absolute Gasteiger partial charge is 0.170 e. The molecule has 0 aliphatic carbocycles. The molecule has 112 valence electrons. The average Bonchev–Trinajstić information content (AvgIpc) is 2.30. The Labute approximate surface area is 128 Å². The molecular weight excluding hydrogens is 266 g/mol. The normalized spacial score (nSPS) is 11.6. The maximum absolute atomic E-state index is 5.36. The number of anilines is 1. The van der Waals surface area contributed by atoms with Gasteiger partial charge in [-0.15, -0.1) is 0 Å². The van der Waals surface area contributed by atoms with Gasteiger partial charge in [-0.1, -0.05) is 19.9 Å². The molecule has 0 atom stereocenters. The lowest BCUT2D eigenvalue weighted by Crippen LogP contribution is -2.41. The zero-order chi connectivity index (χ0) is 15.3. The average molecular weight is 293 g/mol. The Kier molecular flexibility index (Phi) is 5.96. The highest BCUT2D eigenvalue weighted by atomic mass is 32.1. The fourth-order valence-corrected chi connectivity index (χ4v) is 2.42. The van der Waals surface area contributed by atoms with E-state index in [-0.39, 0.29) is 5.41 Å². The lowest BCUT2D eigenvalue weighted by molar-refractivity contribution is 0.242. The molecule has 0 saturated carbocycles. The quantitative estimate of drug-likeness (QED) is 0.816. The molecule has 3 nitrogen and oxygen atoms in total. The molecule has 0 spiro atoms. The van der Waals surface area contributed by atoms with Crippen molar-refractivity contribution in [1.29, 1.82) is 0 Å². The molecule has 2 N–H and O–H groups in total. The van der Waals surface area contributed by atoms with Crippen molar-refractivity contribution in [2.75, 3.05) is 32.5 Å². The van der Waals surface area contributed by atoms with Crippen LogP contribution in [-0.4, -0.2) is 37.2 Å². The highest BCUT2D eigenvalue weighted by molar-refractivity contribution is 7.80. The molecule has 0 aliphatic rings. The number of rotatable bonds is 5. The molecule has 1 aromatic rings. The van der Waals surface area contributed by atoms with Crippen molar-refractivity contribution in [3.8, 4) is 0 Å². The van der Waals surface area contributed by atoms with Crippen LogP contribution in [0.5, 0.6) is 0 Å². The maximum Gasteiger partial charge on any atom is 0.170 e. The first-order chi connectivity index (χ1) is 9.19. The maximum atomic E-state index is 5.36. The van der Waals surface area contributed by atoms with Gasteiger partial charge >= 0.3 is 0 Å². The fourth-order valence-electron chi connectivity index (χ4n) is 2.23. The van der Waals surface area contributed by atoms with Gasteiger partial charge in [0.15, 0.2) is 5.11 Å². The minimum atomic E-state index is 0.179. The summed E-state index contributed by atoms with van der Waals surface area (Å²) in [4.78, 5) is 2.20. The molecule has 4 heteroatoms. The monoisotopic (exact) mass is 293 g/mol. The van der Waals surface area contributed by atoms with Gasteiger partial charge in [-0.05, 0) is 68.8 Å². The largest absolute Gasteiger partial charge is 0.362 e. The number of nitrogens with one attached hydrogen (secondary N) is 2. The van der Waals surface area contributed by atoms with Crippen molar-refractivity contribution < 1.29 is 0 Å². The third-order valence-corrected chi connectivity index (χ3v) is 3.48. The Hall–Kier alpha value is -1.13. The summed E-state index contributed by atoms with van der Waals surface area (Å²) in [5, 5.41) is 7.23. The second-order valence-electron chi connectivity index (χ2n) is 6.51. The Morgan fingerprint density at radius 2 is 1.85 bits per heavy atom. The highest BCUT2D eigenvalue weighted by Crippen LogP contribution is 2.16. The molecule has 0 unspecified atom stereocenters. The van der Waals surface area contributed by atoms with E-state index in [1.54, 1.807) is 0 Å². The molecule has 0 amide bonds. The molecular formula is C16H27N3S. The van der Waals surface area contributed by atoms with Gasteiger partial charge < -0.3 is 15.5 Å². The molecule has 1 rings (SSSR count). The molecule has 0 aromatic heterocycles. The number of nitrogens with zero attached hydrogens (tertiary/aromatic N) is 1. The fraction of sp³-hybridized carbons (Fsp3) is 0.562. The Balaban J connectivity index is 2.49. The van der Waals surface area contributed by atoms with Gasteiger partial charge in [0.25, 0.3) is 0 Å². The van der Waals surface area contributed by atoms with Crippen LogP contribution in [0, 0.1) is 19.3 Å². The van der Waals surface area contributed by atoms with Gasteiger partial charge in [-0.25, -0.2) is 0 Å². The van der Waals surface area contributed by atoms with Crippen LogP contribution in [0.2, 0.25) is 0 Å². The predicted octanol–water partition coefficient (Wildman–Crippen LogP) is 3.18. The zero-order valence-electron chi connectivity index (χ0n) is 13.5. The van der Waals surface area contributed by atoms with Crippen LogP contribution in [0.25, 0.3) is 0 Å². The molecule has 0 bridgehead atoms. The van der Waals surface area contributed by atoms with E-state index in [4.69, 9.17) is 12.2 Å². The van der Waals surface area contributed by atoms with Crippen molar-refractivity contribution >= 4 is 23.0 Å². The van der Waals surface area contributed by atoms with Crippen LogP contribution < -0.4 is 10.6 Å². The Morgan fingerprint density at radius 3 is 2.40 bits per heavy atom. The standard InChI is InChI=1S/C16H27N3S/c1-12-7-8-14(9-13(12)2)18-15(20)17-10-16(3,4)11-19(5)6/h7-9H,10-11H2,1-6H3,(H2,17,18,20). The van der Waals surface area contributed by atoms with Crippen LogP contribution in [-0.2, 0) is 0 Å². The Bertz CT molecular complexity index is 467. The molecule has 0 saturated heterocycles.